The molecular formula is C35H48BNO6P. The van der Waals surface area contributed by atoms with Gasteiger partial charge in [0.15, 0.2) is 5.85 Å². The summed E-state index contributed by atoms with van der Waals surface area (Å²) in [5.74, 6) is -0.687. The molecule has 0 spiro atoms. The van der Waals surface area contributed by atoms with Gasteiger partial charge in [0, 0.05) is 8.41 Å². The number of hydrogen-bond donors (Lipinski definition) is 1. The van der Waals surface area contributed by atoms with Crippen LogP contribution >= 0.6 is 8.38 Å². The maximum absolute atomic E-state index is 10.9. The molecule has 1 N–H and O–H groups in total. The molecule has 1 heterocycles. The smallest absolute Gasteiger partial charge is 0.202 e. The van der Waals surface area contributed by atoms with Gasteiger partial charge in [0.2, 0.25) is 8.38 Å². The maximum atomic E-state index is 10.9. The molecule has 1 saturated heterocycles. The van der Waals surface area contributed by atoms with Crippen molar-refractivity contribution >= 4 is 16.8 Å². The predicted octanol–water partition coefficient (Wildman–Crippen LogP) is 6.57. The van der Waals surface area contributed by atoms with Crippen LogP contribution in [0, 0.1) is 0 Å². The van der Waals surface area contributed by atoms with Crippen molar-refractivity contribution in [2.45, 2.75) is 64.7 Å². The molecule has 3 radical (unpaired) electrons. The van der Waals surface area contributed by atoms with Crippen LogP contribution in [0.4, 0.5) is 0 Å². The summed E-state index contributed by atoms with van der Waals surface area (Å²) in [5.41, 5.74) is 3.11. The van der Waals surface area contributed by atoms with E-state index in [1.54, 1.807) is 6.08 Å². The molecule has 9 heteroatoms. The molecule has 0 aliphatic carbocycles. The van der Waals surface area contributed by atoms with Gasteiger partial charge in [-0.05, 0) is 36.3 Å². The highest BCUT2D eigenvalue weighted by Crippen LogP contribution is 2.49. The second-order valence-electron chi connectivity index (χ2n) is 10.1. The first-order valence-corrected chi connectivity index (χ1v) is 16.4. The lowest BCUT2D eigenvalue weighted by atomic mass is 10.1. The van der Waals surface area contributed by atoms with Gasteiger partial charge in [0.1, 0.15) is 18.3 Å². The van der Waals surface area contributed by atoms with E-state index >= 15 is 0 Å². The lowest BCUT2D eigenvalue weighted by molar-refractivity contribution is -0.182. The van der Waals surface area contributed by atoms with E-state index in [9.17, 15) is 4.89 Å². The lowest BCUT2D eigenvalue weighted by Crippen LogP contribution is -2.54. The van der Waals surface area contributed by atoms with Crippen LogP contribution in [0.15, 0.2) is 104 Å². The average molecular weight is 621 g/mol. The summed E-state index contributed by atoms with van der Waals surface area (Å²) in [5, 5.41) is 0. The molecule has 0 bridgehead atoms. The fourth-order valence-corrected chi connectivity index (χ4v) is 5.96. The molecule has 1 aliphatic heterocycles. The monoisotopic (exact) mass is 620 g/mol. The molecule has 7 nitrogen and oxygen atoms in total. The van der Waals surface area contributed by atoms with E-state index in [2.05, 4.69) is 32.3 Å². The van der Waals surface area contributed by atoms with Crippen molar-refractivity contribution in [3.8, 4) is 0 Å². The highest BCUT2D eigenvalue weighted by Gasteiger charge is 2.48. The van der Waals surface area contributed by atoms with Crippen LogP contribution in [0.5, 0.6) is 0 Å². The Morgan fingerprint density at radius 3 is 1.61 bits per heavy atom. The van der Waals surface area contributed by atoms with Crippen LogP contribution in [0.1, 0.15) is 37.5 Å². The Labute approximate surface area is 267 Å². The Morgan fingerprint density at radius 2 is 1.18 bits per heavy atom. The first-order valence-electron chi connectivity index (χ1n) is 15.1. The van der Waals surface area contributed by atoms with E-state index in [0.29, 0.717) is 19.8 Å². The Hall–Kier alpha value is -2.39. The molecule has 0 amide bonds. The quantitative estimate of drug-likeness (QED) is 0.110. The fraction of sp³-hybridized carbons (Fsp3) is 0.429. The molecule has 3 aromatic carbocycles. The van der Waals surface area contributed by atoms with Gasteiger partial charge in [-0.2, -0.15) is 0 Å². The van der Waals surface area contributed by atoms with Crippen LogP contribution in [-0.4, -0.2) is 75.2 Å². The fourth-order valence-electron chi connectivity index (χ4n) is 4.66. The van der Waals surface area contributed by atoms with Crippen molar-refractivity contribution < 1.29 is 28.4 Å². The summed E-state index contributed by atoms with van der Waals surface area (Å²) in [4.78, 5) is 13.3. The van der Waals surface area contributed by atoms with Crippen molar-refractivity contribution in [2.75, 3.05) is 32.8 Å². The zero-order valence-electron chi connectivity index (χ0n) is 26.4. The number of nitrogens with zero attached hydrogens (tertiary/aromatic N) is 1. The third-order valence-corrected chi connectivity index (χ3v) is 8.49. The van der Waals surface area contributed by atoms with E-state index in [0.717, 1.165) is 16.7 Å². The minimum absolute atomic E-state index is 0. The Kier molecular flexibility index (Phi) is 19.0. The first kappa shape index (κ1) is 37.8. The maximum Gasteiger partial charge on any atom is 0.202 e. The van der Waals surface area contributed by atoms with Gasteiger partial charge in [-0.3, -0.25) is 0 Å². The largest absolute Gasteiger partial charge is 0.374 e. The van der Waals surface area contributed by atoms with Crippen LogP contribution in [0.25, 0.3) is 0 Å². The van der Waals surface area contributed by atoms with Crippen LogP contribution in [0.2, 0.25) is 0 Å². The third kappa shape index (κ3) is 12.9. The molecule has 1 fully saturated rings. The summed E-state index contributed by atoms with van der Waals surface area (Å²) >= 11 is 0. The number of ether oxygens (including phenoxy) is 4. The van der Waals surface area contributed by atoms with E-state index < -0.39 is 32.5 Å². The molecule has 0 aromatic heterocycles. The number of hydrogen-bond acceptors (Lipinski definition) is 7. The minimum atomic E-state index is -1.94. The van der Waals surface area contributed by atoms with E-state index in [1.807, 2.05) is 91.0 Å². The van der Waals surface area contributed by atoms with Gasteiger partial charge in [-0.1, -0.05) is 118 Å². The summed E-state index contributed by atoms with van der Waals surface area (Å²) < 4.78 is 30.8. The van der Waals surface area contributed by atoms with E-state index in [-0.39, 0.29) is 21.6 Å². The van der Waals surface area contributed by atoms with Gasteiger partial charge in [0.05, 0.1) is 33.0 Å². The summed E-state index contributed by atoms with van der Waals surface area (Å²) in [7, 11) is -1.94. The van der Waals surface area contributed by atoms with Crippen LogP contribution in [0.3, 0.4) is 0 Å². The third-order valence-electron chi connectivity index (χ3n) is 7.12. The van der Waals surface area contributed by atoms with Gasteiger partial charge in [0.25, 0.3) is 0 Å². The molecule has 237 valence electrons. The molecule has 3 aromatic rings. The van der Waals surface area contributed by atoms with Crippen molar-refractivity contribution in [1.29, 1.82) is 0 Å². The van der Waals surface area contributed by atoms with Gasteiger partial charge in [-0.25, -0.2) is 0 Å². The van der Waals surface area contributed by atoms with Crippen molar-refractivity contribution in [2.24, 2.45) is 0 Å². The zero-order chi connectivity index (χ0) is 30.7. The first-order chi connectivity index (χ1) is 21.1. The molecule has 5 atom stereocenters. The predicted molar refractivity (Wildman–Crippen MR) is 179 cm³/mol. The number of rotatable bonds is 16. The minimum Gasteiger partial charge on any atom is -0.374 e. The van der Waals surface area contributed by atoms with Crippen LogP contribution in [-0.2, 0) is 43.3 Å². The molecule has 44 heavy (non-hydrogen) atoms. The topological polar surface area (TPSA) is 69.6 Å². The van der Waals surface area contributed by atoms with Gasteiger partial charge in [-0.15, -0.1) is 6.58 Å². The molecule has 0 unspecified atom stereocenters. The highest BCUT2D eigenvalue weighted by molar-refractivity contribution is 7.47. The Balaban J connectivity index is 0.000000756. The second-order valence-corrected chi connectivity index (χ2v) is 11.4. The average Bonchev–Trinajstić information content (AvgIpc) is 3.05. The zero-order valence-corrected chi connectivity index (χ0v) is 27.3. The van der Waals surface area contributed by atoms with Crippen molar-refractivity contribution in [3.05, 3.63) is 120 Å². The number of benzene rings is 3. The van der Waals surface area contributed by atoms with Crippen LogP contribution < -0.4 is 0 Å². The molecule has 0 saturated carbocycles. The normalized spacial score (nSPS) is 21.2. The second kappa shape index (κ2) is 22.2. The van der Waals surface area contributed by atoms with Gasteiger partial charge < -0.3 is 33.3 Å². The van der Waals surface area contributed by atoms with Crippen molar-refractivity contribution in [3.63, 3.8) is 0 Å². The Bertz CT molecular complexity index is 1120. The summed E-state index contributed by atoms with van der Waals surface area (Å²) in [6.45, 7) is 15.5. The van der Waals surface area contributed by atoms with E-state index in [1.165, 1.54) is 19.6 Å². The Morgan fingerprint density at radius 1 is 0.727 bits per heavy atom. The van der Waals surface area contributed by atoms with Crippen molar-refractivity contribution in [1.82, 2.24) is 4.90 Å². The lowest BCUT2D eigenvalue weighted by Gasteiger charge is -2.43. The van der Waals surface area contributed by atoms with Gasteiger partial charge >= 0.3 is 0 Å². The summed E-state index contributed by atoms with van der Waals surface area (Å²) in [6, 6.07) is 29.8. The van der Waals surface area contributed by atoms with E-state index in [4.69, 9.17) is 23.5 Å². The SMILES string of the molecule is C=CCO[C@@H]1[C@@H](OCc2ccccc2)[C@H](OCc2ccccc2)[C@@H](COCc2ccccc2)O[P@@]1O.CCN(CC)CC.[B]. The highest BCUT2D eigenvalue weighted by atomic mass is 31.2. The summed E-state index contributed by atoms with van der Waals surface area (Å²) in [6.07, 6.45) is 0.0270. The standard InChI is InChI=1S/C29H33O6P.C6H15N.B/c1-2-18-32-29-28(34-21-25-16-10-5-11-17-25)27(33-20-24-14-8-4-9-15-24)26(35-36(29)30)22-31-19-23-12-6-3-7-13-23;1-4-7(5-2)6-3;/h2-17,26-30H,1,18-22H2;4-6H2,1-3H3;/t26-,27-,28+,29+,36-;;/m1../s1. The molecule has 4 rings (SSSR count). The molecule has 1 aliphatic rings. The molecular weight excluding hydrogens is 572 g/mol.